The summed E-state index contributed by atoms with van der Waals surface area (Å²) in [5.74, 6) is 0.726. The van der Waals surface area contributed by atoms with Crippen LogP contribution in [0.15, 0.2) is 30.3 Å². The molecule has 0 radical (unpaired) electrons. The number of hydrogen-bond acceptors (Lipinski definition) is 2. The Labute approximate surface area is 115 Å². The largest absolute Gasteiger partial charge is 0.496 e. The molecule has 0 bridgehead atoms. The molecule has 1 unspecified atom stereocenters. The van der Waals surface area contributed by atoms with Crippen molar-refractivity contribution in [3.05, 3.63) is 50.7 Å². The van der Waals surface area contributed by atoms with Crippen molar-refractivity contribution in [2.24, 2.45) is 0 Å². The van der Waals surface area contributed by atoms with Gasteiger partial charge in [-0.25, -0.2) is 0 Å². The van der Waals surface area contributed by atoms with E-state index >= 15 is 0 Å². The molecule has 1 nitrogen and oxygen atoms in total. The van der Waals surface area contributed by atoms with Crippen LogP contribution < -0.4 is 4.74 Å². The van der Waals surface area contributed by atoms with E-state index in [1.807, 2.05) is 18.2 Å². The highest BCUT2D eigenvalue weighted by atomic mass is 35.5. The molecule has 0 saturated heterocycles. The van der Waals surface area contributed by atoms with Gasteiger partial charge in [-0.3, -0.25) is 0 Å². The summed E-state index contributed by atoms with van der Waals surface area (Å²) in [5, 5.41) is 0.456. The molecule has 1 aromatic heterocycles. The summed E-state index contributed by atoms with van der Waals surface area (Å²) in [7, 11) is 1.62. The first-order chi connectivity index (χ1) is 8.11. The van der Waals surface area contributed by atoms with Gasteiger partial charge in [0.25, 0.3) is 0 Å². The summed E-state index contributed by atoms with van der Waals surface area (Å²) in [6.45, 7) is 2.07. The molecule has 0 N–H and O–H groups in total. The van der Waals surface area contributed by atoms with Crippen LogP contribution in [0.4, 0.5) is 0 Å². The van der Waals surface area contributed by atoms with E-state index in [4.69, 9.17) is 27.9 Å². The van der Waals surface area contributed by atoms with Crippen molar-refractivity contribution < 1.29 is 4.74 Å². The van der Waals surface area contributed by atoms with E-state index in [1.165, 1.54) is 4.88 Å². The van der Waals surface area contributed by atoms with Crippen molar-refractivity contribution in [1.82, 2.24) is 0 Å². The molecular formula is C13H12Cl2OS. The van der Waals surface area contributed by atoms with E-state index in [-0.39, 0.29) is 5.38 Å². The molecule has 1 heterocycles. The third-order valence-corrected chi connectivity index (χ3v) is 4.38. The van der Waals surface area contributed by atoms with Gasteiger partial charge in [0, 0.05) is 20.3 Å². The molecule has 0 spiro atoms. The molecule has 0 amide bonds. The fourth-order valence-electron chi connectivity index (χ4n) is 1.64. The third kappa shape index (κ3) is 2.76. The van der Waals surface area contributed by atoms with Crippen molar-refractivity contribution in [3.63, 3.8) is 0 Å². The van der Waals surface area contributed by atoms with Gasteiger partial charge < -0.3 is 4.74 Å². The molecule has 2 rings (SSSR count). The van der Waals surface area contributed by atoms with Crippen LogP contribution in [-0.2, 0) is 0 Å². The lowest BCUT2D eigenvalue weighted by Gasteiger charge is -2.13. The number of hydrogen-bond donors (Lipinski definition) is 0. The minimum atomic E-state index is -0.194. The summed E-state index contributed by atoms with van der Waals surface area (Å²) < 4.78 is 5.31. The Hall–Kier alpha value is -0.700. The number of halogens is 2. The van der Waals surface area contributed by atoms with Crippen molar-refractivity contribution in [3.8, 4) is 5.75 Å². The molecule has 0 saturated carbocycles. The highest BCUT2D eigenvalue weighted by molar-refractivity contribution is 7.12. The van der Waals surface area contributed by atoms with Gasteiger partial charge in [-0.2, -0.15) is 0 Å². The topological polar surface area (TPSA) is 9.23 Å². The summed E-state index contributed by atoms with van der Waals surface area (Å²) in [6, 6.07) is 9.64. The van der Waals surface area contributed by atoms with Crippen LogP contribution in [0, 0.1) is 6.92 Å². The number of rotatable bonds is 3. The molecule has 0 fully saturated rings. The molecule has 2 aromatic rings. The number of thiophene rings is 1. The Morgan fingerprint density at radius 2 is 2.00 bits per heavy atom. The number of aryl methyl sites for hydroxylation is 1. The van der Waals surface area contributed by atoms with E-state index in [0.29, 0.717) is 5.02 Å². The lowest BCUT2D eigenvalue weighted by Crippen LogP contribution is -1.95. The number of ether oxygens (including phenoxy) is 1. The van der Waals surface area contributed by atoms with E-state index in [2.05, 4.69) is 13.0 Å². The number of benzene rings is 1. The van der Waals surface area contributed by atoms with Gasteiger partial charge in [-0.05, 0) is 31.2 Å². The molecule has 0 aliphatic rings. The van der Waals surface area contributed by atoms with Crippen LogP contribution in [0.3, 0.4) is 0 Å². The predicted octanol–water partition coefficient (Wildman–Crippen LogP) is 5.05. The predicted molar refractivity (Wildman–Crippen MR) is 74.8 cm³/mol. The minimum absolute atomic E-state index is 0.194. The van der Waals surface area contributed by atoms with Gasteiger partial charge in [0.2, 0.25) is 0 Å². The fourth-order valence-corrected chi connectivity index (χ4v) is 3.06. The highest BCUT2D eigenvalue weighted by Gasteiger charge is 2.17. The second kappa shape index (κ2) is 5.30. The number of alkyl halides is 1. The first kappa shape index (κ1) is 12.7. The lowest BCUT2D eigenvalue weighted by molar-refractivity contribution is 0.410. The van der Waals surface area contributed by atoms with E-state index in [9.17, 15) is 0 Å². The standard InChI is InChI=1S/C13H12Cl2OS/c1-8-3-6-12(17-8)13(15)10-5-4-9(14)7-11(10)16-2/h3-7,13H,1-2H3. The molecule has 0 aliphatic heterocycles. The minimum Gasteiger partial charge on any atom is -0.496 e. The van der Waals surface area contributed by atoms with Crippen LogP contribution >= 0.6 is 34.5 Å². The zero-order valence-corrected chi connectivity index (χ0v) is 11.9. The normalized spacial score (nSPS) is 12.5. The van der Waals surface area contributed by atoms with Crippen LogP contribution in [0.25, 0.3) is 0 Å². The smallest absolute Gasteiger partial charge is 0.125 e. The second-order valence-electron chi connectivity index (χ2n) is 3.70. The molecule has 4 heteroatoms. The highest BCUT2D eigenvalue weighted by Crippen LogP contribution is 2.39. The average molecular weight is 287 g/mol. The Morgan fingerprint density at radius 3 is 2.59 bits per heavy atom. The second-order valence-corrected chi connectivity index (χ2v) is 5.89. The summed E-state index contributed by atoms with van der Waals surface area (Å²) in [4.78, 5) is 2.36. The Balaban J connectivity index is 2.39. The molecule has 1 atom stereocenters. The summed E-state index contributed by atoms with van der Waals surface area (Å²) in [6.07, 6.45) is 0. The number of methoxy groups -OCH3 is 1. The molecule has 0 aliphatic carbocycles. The molecule has 17 heavy (non-hydrogen) atoms. The van der Waals surface area contributed by atoms with Gasteiger partial charge in [-0.15, -0.1) is 22.9 Å². The maximum atomic E-state index is 6.47. The van der Waals surface area contributed by atoms with Crippen LogP contribution in [0.2, 0.25) is 5.02 Å². The fraction of sp³-hybridized carbons (Fsp3) is 0.231. The summed E-state index contributed by atoms with van der Waals surface area (Å²) >= 11 is 14.1. The van der Waals surface area contributed by atoms with Crippen molar-refractivity contribution in [2.45, 2.75) is 12.3 Å². The van der Waals surface area contributed by atoms with Gasteiger partial charge in [-0.1, -0.05) is 17.7 Å². The lowest BCUT2D eigenvalue weighted by atomic mass is 10.1. The Kier molecular flexibility index (Phi) is 3.97. The van der Waals surface area contributed by atoms with E-state index in [0.717, 1.165) is 16.2 Å². The maximum absolute atomic E-state index is 6.47. The monoisotopic (exact) mass is 286 g/mol. The van der Waals surface area contributed by atoms with E-state index < -0.39 is 0 Å². The van der Waals surface area contributed by atoms with Gasteiger partial charge in [0.05, 0.1) is 12.5 Å². The molecule has 90 valence electrons. The Morgan fingerprint density at radius 1 is 1.24 bits per heavy atom. The maximum Gasteiger partial charge on any atom is 0.125 e. The van der Waals surface area contributed by atoms with Crippen molar-refractivity contribution >= 4 is 34.5 Å². The van der Waals surface area contributed by atoms with Gasteiger partial charge in [0.15, 0.2) is 0 Å². The van der Waals surface area contributed by atoms with Crippen LogP contribution in [0.1, 0.15) is 20.7 Å². The van der Waals surface area contributed by atoms with Crippen molar-refractivity contribution in [1.29, 1.82) is 0 Å². The third-order valence-electron chi connectivity index (χ3n) is 2.48. The van der Waals surface area contributed by atoms with Crippen LogP contribution in [-0.4, -0.2) is 7.11 Å². The summed E-state index contributed by atoms with van der Waals surface area (Å²) in [5.41, 5.74) is 0.945. The van der Waals surface area contributed by atoms with Crippen molar-refractivity contribution in [2.75, 3.05) is 7.11 Å². The SMILES string of the molecule is COc1cc(Cl)ccc1C(Cl)c1ccc(C)s1. The zero-order valence-electron chi connectivity index (χ0n) is 9.54. The Bertz CT molecular complexity index is 522. The average Bonchev–Trinajstić information content (AvgIpc) is 2.75. The molecule has 1 aromatic carbocycles. The quantitative estimate of drug-likeness (QED) is 0.718. The molecular weight excluding hydrogens is 275 g/mol. The first-order valence-electron chi connectivity index (χ1n) is 5.15. The zero-order chi connectivity index (χ0) is 12.4. The van der Waals surface area contributed by atoms with Gasteiger partial charge >= 0.3 is 0 Å². The van der Waals surface area contributed by atoms with Crippen LogP contribution in [0.5, 0.6) is 5.75 Å². The van der Waals surface area contributed by atoms with Gasteiger partial charge in [0.1, 0.15) is 5.75 Å². The van der Waals surface area contributed by atoms with E-state index in [1.54, 1.807) is 24.5 Å². The first-order valence-corrected chi connectivity index (χ1v) is 6.78.